The highest BCUT2D eigenvalue weighted by Crippen LogP contribution is 2.32. The molecule has 2 aromatic carbocycles. The predicted octanol–water partition coefficient (Wildman–Crippen LogP) is 2.63. The molecule has 9 heteroatoms. The number of nitrogens with zero attached hydrogens (tertiary/aromatic N) is 1. The zero-order chi connectivity index (χ0) is 22.1. The summed E-state index contributed by atoms with van der Waals surface area (Å²) in [5, 5.41) is 0. The number of sulfonamides is 1. The first-order chi connectivity index (χ1) is 14.1. The van der Waals surface area contributed by atoms with Crippen LogP contribution in [0.15, 0.2) is 53.4 Å². The van der Waals surface area contributed by atoms with Crippen LogP contribution in [0.4, 0.5) is 5.69 Å². The first kappa shape index (κ1) is 21.6. The number of benzene rings is 2. The number of ether oxygens (including phenoxy) is 3. The summed E-state index contributed by atoms with van der Waals surface area (Å²) in [6.07, 6.45) is -1.01. The fourth-order valence-electron chi connectivity index (χ4n) is 3.05. The standard InChI is InChI=1S/C21H23NO7S/c1-21(2)13-28-20(24)18(21)29-19(23)14-9-11-15(12-10-14)30(25,26)22(3)16-7-5-6-8-17(16)27-4/h5-12,18H,13H2,1-4H3/t18-/m0/s1. The number of esters is 2. The van der Waals surface area contributed by atoms with E-state index in [1.54, 1.807) is 38.1 Å². The van der Waals surface area contributed by atoms with Crippen LogP contribution in [-0.2, 0) is 24.3 Å². The molecule has 1 aliphatic rings. The Bertz CT molecular complexity index is 1060. The Labute approximate surface area is 175 Å². The zero-order valence-electron chi connectivity index (χ0n) is 17.1. The third-order valence-electron chi connectivity index (χ3n) is 4.91. The molecule has 0 saturated carbocycles. The van der Waals surface area contributed by atoms with Crippen molar-refractivity contribution in [2.75, 3.05) is 25.1 Å². The Kier molecular flexibility index (Phi) is 5.76. The second kappa shape index (κ2) is 7.98. The monoisotopic (exact) mass is 433 g/mol. The number of methoxy groups -OCH3 is 1. The topological polar surface area (TPSA) is 99.2 Å². The summed E-state index contributed by atoms with van der Waals surface area (Å²) in [5.74, 6) is -0.908. The summed E-state index contributed by atoms with van der Waals surface area (Å²) in [7, 11) is -1.01. The van der Waals surface area contributed by atoms with Gasteiger partial charge >= 0.3 is 11.9 Å². The molecule has 8 nitrogen and oxygen atoms in total. The molecule has 2 aromatic rings. The number of cyclic esters (lactones) is 1. The first-order valence-corrected chi connectivity index (χ1v) is 10.6. The third-order valence-corrected chi connectivity index (χ3v) is 6.69. The maximum Gasteiger partial charge on any atom is 0.348 e. The lowest BCUT2D eigenvalue weighted by Crippen LogP contribution is -2.35. The van der Waals surface area contributed by atoms with Gasteiger partial charge in [0.25, 0.3) is 10.0 Å². The largest absolute Gasteiger partial charge is 0.495 e. The minimum atomic E-state index is -3.89. The van der Waals surface area contributed by atoms with E-state index in [1.165, 1.54) is 38.4 Å². The van der Waals surface area contributed by atoms with Crippen LogP contribution in [0.2, 0.25) is 0 Å². The summed E-state index contributed by atoms with van der Waals surface area (Å²) in [6, 6.07) is 12.1. The highest BCUT2D eigenvalue weighted by molar-refractivity contribution is 7.92. The van der Waals surface area contributed by atoms with E-state index in [1.807, 2.05) is 0 Å². The highest BCUT2D eigenvalue weighted by Gasteiger charge is 2.46. The van der Waals surface area contributed by atoms with Crippen LogP contribution < -0.4 is 9.04 Å². The van der Waals surface area contributed by atoms with Gasteiger partial charge in [0.15, 0.2) is 0 Å². The quantitative estimate of drug-likeness (QED) is 0.646. The normalized spacial score (nSPS) is 17.9. The molecule has 0 radical (unpaired) electrons. The van der Waals surface area contributed by atoms with Crippen LogP contribution >= 0.6 is 0 Å². The number of carbonyl (C=O) groups excluding carboxylic acids is 2. The van der Waals surface area contributed by atoms with Gasteiger partial charge < -0.3 is 14.2 Å². The Morgan fingerprint density at radius 2 is 1.77 bits per heavy atom. The molecule has 3 rings (SSSR count). The smallest absolute Gasteiger partial charge is 0.348 e. The van der Waals surface area contributed by atoms with Crippen molar-refractivity contribution in [3.63, 3.8) is 0 Å². The van der Waals surface area contributed by atoms with E-state index in [4.69, 9.17) is 14.2 Å². The molecule has 0 aromatic heterocycles. The van der Waals surface area contributed by atoms with E-state index < -0.39 is 33.5 Å². The SMILES string of the molecule is COc1ccccc1N(C)S(=O)(=O)c1ccc(C(=O)O[C@H]2C(=O)OCC2(C)C)cc1. The van der Waals surface area contributed by atoms with Crippen molar-refractivity contribution in [3.05, 3.63) is 54.1 Å². The van der Waals surface area contributed by atoms with Crippen LogP contribution in [0.5, 0.6) is 5.75 Å². The van der Waals surface area contributed by atoms with Gasteiger partial charge in [-0.25, -0.2) is 18.0 Å². The second-order valence-electron chi connectivity index (χ2n) is 7.55. The maximum atomic E-state index is 13.0. The van der Waals surface area contributed by atoms with Gasteiger partial charge in [-0.15, -0.1) is 0 Å². The van der Waals surface area contributed by atoms with E-state index in [-0.39, 0.29) is 17.1 Å². The number of hydrogen-bond donors (Lipinski definition) is 0. The molecule has 0 N–H and O–H groups in total. The minimum Gasteiger partial charge on any atom is -0.495 e. The molecule has 0 spiro atoms. The van der Waals surface area contributed by atoms with Crippen LogP contribution in [0.25, 0.3) is 0 Å². The van der Waals surface area contributed by atoms with E-state index in [9.17, 15) is 18.0 Å². The zero-order valence-corrected chi connectivity index (χ0v) is 17.9. The lowest BCUT2D eigenvalue weighted by molar-refractivity contribution is -0.145. The summed E-state index contributed by atoms with van der Waals surface area (Å²) in [6.45, 7) is 3.69. The second-order valence-corrected chi connectivity index (χ2v) is 9.52. The molecular formula is C21H23NO7S. The Hall–Kier alpha value is -3.07. The van der Waals surface area contributed by atoms with Crippen molar-refractivity contribution in [2.24, 2.45) is 5.41 Å². The summed E-state index contributed by atoms with van der Waals surface area (Å²) in [5.41, 5.74) is -0.122. The summed E-state index contributed by atoms with van der Waals surface area (Å²) >= 11 is 0. The van der Waals surface area contributed by atoms with Gasteiger partial charge in [0.2, 0.25) is 6.10 Å². The van der Waals surface area contributed by atoms with Gasteiger partial charge in [0, 0.05) is 12.5 Å². The molecular weight excluding hydrogens is 410 g/mol. The Balaban J connectivity index is 1.81. The van der Waals surface area contributed by atoms with Crippen LogP contribution in [0.3, 0.4) is 0 Å². The van der Waals surface area contributed by atoms with Crippen LogP contribution in [0, 0.1) is 5.41 Å². The molecule has 0 aliphatic carbocycles. The molecule has 1 atom stereocenters. The average molecular weight is 433 g/mol. The predicted molar refractivity (Wildman–Crippen MR) is 109 cm³/mol. The Morgan fingerprint density at radius 1 is 1.13 bits per heavy atom. The molecule has 1 aliphatic heterocycles. The van der Waals surface area contributed by atoms with Crippen molar-refractivity contribution in [3.8, 4) is 5.75 Å². The van der Waals surface area contributed by atoms with E-state index in [0.717, 1.165) is 4.31 Å². The van der Waals surface area contributed by atoms with Gasteiger partial charge in [-0.05, 0) is 36.4 Å². The molecule has 0 unspecified atom stereocenters. The fourth-order valence-corrected chi connectivity index (χ4v) is 4.26. The fraction of sp³-hybridized carbons (Fsp3) is 0.333. The number of carbonyl (C=O) groups is 2. The maximum absolute atomic E-state index is 13.0. The number of anilines is 1. The molecule has 1 heterocycles. The van der Waals surface area contributed by atoms with Crippen molar-refractivity contribution in [1.29, 1.82) is 0 Å². The summed E-state index contributed by atoms with van der Waals surface area (Å²) < 4.78 is 42.6. The van der Waals surface area contributed by atoms with E-state index in [0.29, 0.717) is 11.4 Å². The van der Waals surface area contributed by atoms with Gasteiger partial charge in [-0.2, -0.15) is 0 Å². The van der Waals surface area contributed by atoms with Crippen molar-refractivity contribution >= 4 is 27.6 Å². The van der Waals surface area contributed by atoms with Gasteiger partial charge in [-0.1, -0.05) is 26.0 Å². The minimum absolute atomic E-state index is 0.00642. The number of para-hydroxylation sites is 2. The molecule has 1 fully saturated rings. The third kappa shape index (κ3) is 3.97. The van der Waals surface area contributed by atoms with Crippen LogP contribution in [0.1, 0.15) is 24.2 Å². The average Bonchev–Trinajstić information content (AvgIpc) is 2.99. The number of rotatable bonds is 6. The molecule has 1 saturated heterocycles. The lowest BCUT2D eigenvalue weighted by atomic mass is 9.90. The Morgan fingerprint density at radius 3 is 2.33 bits per heavy atom. The van der Waals surface area contributed by atoms with Crippen molar-refractivity contribution in [2.45, 2.75) is 24.8 Å². The van der Waals surface area contributed by atoms with E-state index in [2.05, 4.69) is 0 Å². The number of hydrogen-bond acceptors (Lipinski definition) is 7. The molecule has 30 heavy (non-hydrogen) atoms. The molecule has 0 amide bonds. The van der Waals surface area contributed by atoms with Crippen LogP contribution in [-0.4, -0.2) is 47.2 Å². The summed E-state index contributed by atoms with van der Waals surface area (Å²) in [4.78, 5) is 24.2. The van der Waals surface area contributed by atoms with Crippen molar-refractivity contribution < 1.29 is 32.2 Å². The van der Waals surface area contributed by atoms with Gasteiger partial charge in [0.05, 0.1) is 23.3 Å². The molecule has 0 bridgehead atoms. The van der Waals surface area contributed by atoms with Gasteiger partial charge in [0.1, 0.15) is 12.4 Å². The first-order valence-electron chi connectivity index (χ1n) is 9.17. The van der Waals surface area contributed by atoms with Gasteiger partial charge in [-0.3, -0.25) is 4.31 Å². The molecule has 160 valence electrons. The highest BCUT2D eigenvalue weighted by atomic mass is 32.2. The van der Waals surface area contributed by atoms with E-state index >= 15 is 0 Å². The lowest BCUT2D eigenvalue weighted by Gasteiger charge is -2.22. The van der Waals surface area contributed by atoms with Crippen molar-refractivity contribution in [1.82, 2.24) is 0 Å².